The van der Waals surface area contributed by atoms with Crippen molar-refractivity contribution in [1.82, 2.24) is 0 Å². The van der Waals surface area contributed by atoms with Crippen LogP contribution in [0.1, 0.15) is 297 Å². The Morgan fingerprint density at radius 3 is 0.859 bits per heavy atom. The fourth-order valence-corrected chi connectivity index (χ4v) is 8.93. The molecule has 6 nitrogen and oxygen atoms in total. The molecule has 0 aliphatic carbocycles. The lowest BCUT2D eigenvalue weighted by Gasteiger charge is -2.18. The minimum atomic E-state index is -0.816. The summed E-state index contributed by atoms with van der Waals surface area (Å²) in [5, 5.41) is 0. The van der Waals surface area contributed by atoms with Gasteiger partial charge in [0.2, 0.25) is 0 Å². The predicted octanol–water partition coefficient (Wildman–Crippen LogP) is 22.4. The van der Waals surface area contributed by atoms with E-state index in [1.54, 1.807) is 0 Å². The summed E-state index contributed by atoms with van der Waals surface area (Å²) >= 11 is 0. The number of carbonyl (C=O) groups is 3. The van der Waals surface area contributed by atoms with Crippen LogP contribution >= 0.6 is 0 Å². The highest BCUT2D eigenvalue weighted by Gasteiger charge is 2.19. The molecule has 6 heteroatoms. The molecule has 0 saturated carbocycles. The minimum absolute atomic E-state index is 0.108. The van der Waals surface area contributed by atoms with Gasteiger partial charge in [-0.15, -0.1) is 0 Å². The third-order valence-electron chi connectivity index (χ3n) is 13.7. The van der Waals surface area contributed by atoms with Gasteiger partial charge in [0.25, 0.3) is 0 Å². The average Bonchev–Trinajstić information content (AvgIpc) is 3.44. The van der Waals surface area contributed by atoms with Gasteiger partial charge in [0, 0.05) is 19.3 Å². The zero-order valence-electron chi connectivity index (χ0n) is 50.9. The van der Waals surface area contributed by atoms with Crippen molar-refractivity contribution in [3.8, 4) is 0 Å². The van der Waals surface area contributed by atoms with Gasteiger partial charge in [0.05, 0.1) is 0 Å². The van der Waals surface area contributed by atoms with Crippen LogP contribution in [-0.2, 0) is 28.6 Å². The van der Waals surface area contributed by atoms with Gasteiger partial charge in [-0.3, -0.25) is 14.4 Å². The van der Waals surface area contributed by atoms with Crippen LogP contribution in [0.15, 0.2) is 122 Å². The molecule has 1 atom stereocenters. The molecule has 444 valence electrons. The Labute approximate surface area is 482 Å². The number of hydrogen-bond acceptors (Lipinski definition) is 6. The van der Waals surface area contributed by atoms with Crippen LogP contribution in [-0.4, -0.2) is 37.2 Å². The van der Waals surface area contributed by atoms with Gasteiger partial charge in [-0.1, -0.05) is 303 Å². The quantitative estimate of drug-likeness (QED) is 0.0261. The Hall–Kier alpha value is -4.19. The lowest BCUT2D eigenvalue weighted by Crippen LogP contribution is -2.30. The number of carbonyl (C=O) groups excluding carboxylic acids is 3. The zero-order chi connectivity index (χ0) is 56.4. The number of unbranched alkanes of at least 4 members (excludes halogenated alkanes) is 27. The van der Waals surface area contributed by atoms with Gasteiger partial charge >= 0.3 is 17.9 Å². The van der Waals surface area contributed by atoms with Crippen LogP contribution in [0.3, 0.4) is 0 Å². The fourth-order valence-electron chi connectivity index (χ4n) is 8.93. The van der Waals surface area contributed by atoms with Gasteiger partial charge in [-0.25, -0.2) is 0 Å². The molecule has 0 amide bonds. The average molecular weight is 1080 g/mol. The molecule has 1 unspecified atom stereocenters. The van der Waals surface area contributed by atoms with E-state index in [-0.39, 0.29) is 37.5 Å². The molecular weight excluding hydrogens is 961 g/mol. The fraction of sp³-hybridized carbons (Fsp3) is 0.681. The maximum absolute atomic E-state index is 12.9. The lowest BCUT2D eigenvalue weighted by atomic mass is 10.0. The van der Waals surface area contributed by atoms with Crippen LogP contribution in [0, 0.1) is 0 Å². The van der Waals surface area contributed by atoms with Crippen molar-refractivity contribution < 1.29 is 28.6 Å². The van der Waals surface area contributed by atoms with Gasteiger partial charge in [-0.05, 0) is 96.3 Å². The molecule has 0 spiro atoms. The highest BCUT2D eigenvalue weighted by atomic mass is 16.6. The first kappa shape index (κ1) is 73.8. The molecule has 0 N–H and O–H groups in total. The summed E-state index contributed by atoms with van der Waals surface area (Å²) in [6.45, 7) is 6.36. The van der Waals surface area contributed by atoms with Crippen molar-refractivity contribution in [2.75, 3.05) is 13.2 Å². The summed E-state index contributed by atoms with van der Waals surface area (Å²) in [6.07, 6.45) is 90.8. The SMILES string of the molecule is CC/C=C\C/C=C\C/C=C\C/C=C\C/C=C\C/C=C\CCCCCCCCC(=O)OCC(COC(=O)CC/C=C\C/C=C\C/C=C\C/C=C\CC)OC(=O)CCCCCCCCCCCCCCCCCCCCCCCC. The van der Waals surface area contributed by atoms with Crippen molar-refractivity contribution in [1.29, 1.82) is 0 Å². The van der Waals surface area contributed by atoms with Crippen molar-refractivity contribution in [2.24, 2.45) is 0 Å². The molecule has 0 saturated heterocycles. The molecule has 0 aliphatic rings. The zero-order valence-corrected chi connectivity index (χ0v) is 50.9. The molecule has 0 fully saturated rings. The summed E-state index contributed by atoms with van der Waals surface area (Å²) in [5.41, 5.74) is 0. The first-order valence-electron chi connectivity index (χ1n) is 32.5. The summed E-state index contributed by atoms with van der Waals surface area (Å²) in [6, 6.07) is 0. The molecule has 0 aromatic heterocycles. The van der Waals surface area contributed by atoms with E-state index in [2.05, 4.69) is 136 Å². The smallest absolute Gasteiger partial charge is 0.306 e. The largest absolute Gasteiger partial charge is 0.462 e. The van der Waals surface area contributed by atoms with Crippen LogP contribution in [0.5, 0.6) is 0 Å². The second kappa shape index (κ2) is 65.3. The number of allylic oxidation sites excluding steroid dienone is 20. The Balaban J connectivity index is 4.39. The predicted molar refractivity (Wildman–Crippen MR) is 339 cm³/mol. The van der Waals surface area contributed by atoms with Gasteiger partial charge in [0.1, 0.15) is 13.2 Å². The molecule has 0 rings (SSSR count). The Morgan fingerprint density at radius 2 is 0.526 bits per heavy atom. The Kier molecular flexibility index (Phi) is 61.8. The van der Waals surface area contributed by atoms with Gasteiger partial charge in [0.15, 0.2) is 6.10 Å². The Morgan fingerprint density at radius 1 is 0.269 bits per heavy atom. The van der Waals surface area contributed by atoms with Crippen LogP contribution in [0.4, 0.5) is 0 Å². The maximum atomic E-state index is 12.9. The van der Waals surface area contributed by atoms with E-state index in [1.807, 2.05) is 6.08 Å². The van der Waals surface area contributed by atoms with Crippen molar-refractivity contribution >= 4 is 17.9 Å². The van der Waals surface area contributed by atoms with E-state index < -0.39 is 6.10 Å². The topological polar surface area (TPSA) is 78.9 Å². The minimum Gasteiger partial charge on any atom is -0.462 e. The van der Waals surface area contributed by atoms with E-state index in [1.165, 1.54) is 135 Å². The van der Waals surface area contributed by atoms with E-state index >= 15 is 0 Å². The second-order valence-corrected chi connectivity index (χ2v) is 21.3. The molecule has 0 bridgehead atoms. The monoisotopic (exact) mass is 1080 g/mol. The first-order chi connectivity index (χ1) is 38.5. The van der Waals surface area contributed by atoms with E-state index in [0.717, 1.165) is 116 Å². The van der Waals surface area contributed by atoms with Gasteiger partial charge in [-0.2, -0.15) is 0 Å². The van der Waals surface area contributed by atoms with E-state index in [0.29, 0.717) is 19.3 Å². The normalized spacial score (nSPS) is 12.9. The third kappa shape index (κ3) is 62.7. The molecule has 0 aromatic rings. The van der Waals surface area contributed by atoms with E-state index in [4.69, 9.17) is 14.2 Å². The molecular formula is C72H120O6. The lowest BCUT2D eigenvalue weighted by molar-refractivity contribution is -0.166. The molecule has 78 heavy (non-hydrogen) atoms. The number of esters is 3. The van der Waals surface area contributed by atoms with Crippen LogP contribution in [0.25, 0.3) is 0 Å². The number of ether oxygens (including phenoxy) is 3. The van der Waals surface area contributed by atoms with Crippen molar-refractivity contribution in [2.45, 2.75) is 303 Å². The van der Waals surface area contributed by atoms with Gasteiger partial charge < -0.3 is 14.2 Å². The highest BCUT2D eigenvalue weighted by Crippen LogP contribution is 2.17. The number of hydrogen-bond donors (Lipinski definition) is 0. The van der Waals surface area contributed by atoms with Crippen molar-refractivity contribution in [3.05, 3.63) is 122 Å². The Bertz CT molecular complexity index is 1620. The van der Waals surface area contributed by atoms with E-state index in [9.17, 15) is 14.4 Å². The molecule has 0 aliphatic heterocycles. The summed E-state index contributed by atoms with van der Waals surface area (Å²) in [4.78, 5) is 38.3. The summed E-state index contributed by atoms with van der Waals surface area (Å²) < 4.78 is 16.8. The molecule has 0 aromatic carbocycles. The number of rotatable bonds is 58. The summed E-state index contributed by atoms with van der Waals surface area (Å²) in [7, 11) is 0. The highest BCUT2D eigenvalue weighted by molar-refractivity contribution is 5.71. The summed E-state index contributed by atoms with van der Waals surface area (Å²) in [5.74, 6) is -0.999. The van der Waals surface area contributed by atoms with Crippen LogP contribution in [0.2, 0.25) is 0 Å². The third-order valence-corrected chi connectivity index (χ3v) is 13.7. The van der Waals surface area contributed by atoms with Crippen LogP contribution < -0.4 is 0 Å². The van der Waals surface area contributed by atoms with Crippen molar-refractivity contribution in [3.63, 3.8) is 0 Å². The first-order valence-corrected chi connectivity index (χ1v) is 32.5. The maximum Gasteiger partial charge on any atom is 0.306 e. The molecule has 0 heterocycles. The second-order valence-electron chi connectivity index (χ2n) is 21.3. The standard InChI is InChI=1S/C72H120O6/c1-4-7-10-13-16-19-22-25-27-29-31-33-35-36-37-39-40-42-44-47-50-53-56-59-62-65-71(74)77-68-69(67-76-70(73)64-61-58-55-52-49-46-24-21-18-15-12-9-6-3)78-72(75)66-63-60-57-54-51-48-45-43-41-38-34-32-30-28-26-23-20-17-14-11-8-5-2/h7,9-10,12,16,18-19,21,25,27,31,33,36-37,40,42,46,49,55,58,69H,4-6,8,11,13-15,17,20,22-24,26,28-30,32,34-35,38-39,41,43-45,47-48,50-54,56-57,59-68H2,1-3H3/b10-7-,12-9-,19-16-,21-18-,27-25-,33-31-,37-36-,42-40-,49-46-,58-55-. The molecule has 0 radical (unpaired) electrons.